The number of hydrogen-bond donors (Lipinski definition) is 0. The molecule has 3 aromatic rings. The molecule has 2 aromatic heterocycles. The Morgan fingerprint density at radius 2 is 1.88 bits per heavy atom. The predicted octanol–water partition coefficient (Wildman–Crippen LogP) is 4.80. The first kappa shape index (κ1) is 18.7. The standard InChI is InChI=1S/C19H20N2O3S2/c1-11(2)24-19(22)12(3)26-18-16-15(9-25-17(16)20-10-21-18)13-5-7-14(23-4)8-6-13/h5-12H,1-4H3/t12-/m1/s1. The van der Waals surface area contributed by atoms with Crippen molar-refractivity contribution in [2.75, 3.05) is 7.11 Å². The van der Waals surface area contributed by atoms with Gasteiger partial charge in [0.15, 0.2) is 0 Å². The molecule has 0 saturated heterocycles. The minimum atomic E-state index is -0.348. The van der Waals surface area contributed by atoms with Gasteiger partial charge in [-0.2, -0.15) is 0 Å². The normalized spacial score (nSPS) is 12.3. The average Bonchev–Trinajstić information content (AvgIpc) is 3.06. The number of benzene rings is 1. The third-order valence-corrected chi connectivity index (χ3v) is 5.67. The van der Waals surface area contributed by atoms with Crippen LogP contribution in [0.1, 0.15) is 20.8 Å². The van der Waals surface area contributed by atoms with Gasteiger partial charge in [0, 0.05) is 10.9 Å². The van der Waals surface area contributed by atoms with Crippen LogP contribution >= 0.6 is 23.1 Å². The van der Waals surface area contributed by atoms with Crippen LogP contribution in [0.5, 0.6) is 5.75 Å². The van der Waals surface area contributed by atoms with Crippen molar-refractivity contribution in [1.82, 2.24) is 9.97 Å². The summed E-state index contributed by atoms with van der Waals surface area (Å²) in [6.07, 6.45) is 1.41. The van der Waals surface area contributed by atoms with E-state index < -0.39 is 0 Å². The van der Waals surface area contributed by atoms with Crippen LogP contribution in [0.4, 0.5) is 0 Å². The smallest absolute Gasteiger partial charge is 0.319 e. The maximum atomic E-state index is 12.2. The summed E-state index contributed by atoms with van der Waals surface area (Å²) in [5.41, 5.74) is 2.12. The molecule has 0 spiro atoms. The first-order valence-corrected chi connectivity index (χ1v) is 9.99. The molecule has 0 fully saturated rings. The van der Waals surface area contributed by atoms with Crippen LogP contribution in [0.25, 0.3) is 21.3 Å². The SMILES string of the molecule is COc1ccc(-c2csc3ncnc(S[C@H](C)C(=O)OC(C)C)c23)cc1. The Morgan fingerprint density at radius 3 is 2.54 bits per heavy atom. The Labute approximate surface area is 160 Å². The molecule has 3 rings (SSSR count). The molecule has 7 heteroatoms. The molecule has 136 valence electrons. The second-order valence-corrected chi connectivity index (χ2v) is 8.17. The number of thiophene rings is 1. The number of nitrogens with zero attached hydrogens (tertiary/aromatic N) is 2. The molecular weight excluding hydrogens is 368 g/mol. The van der Waals surface area contributed by atoms with Crippen molar-refractivity contribution < 1.29 is 14.3 Å². The number of hydrogen-bond acceptors (Lipinski definition) is 7. The van der Waals surface area contributed by atoms with Gasteiger partial charge in [0.25, 0.3) is 0 Å². The topological polar surface area (TPSA) is 61.3 Å². The second kappa shape index (κ2) is 8.05. The Kier molecular flexibility index (Phi) is 5.78. The van der Waals surface area contributed by atoms with Crippen molar-refractivity contribution in [3.05, 3.63) is 36.0 Å². The maximum absolute atomic E-state index is 12.2. The molecule has 0 radical (unpaired) electrons. The van der Waals surface area contributed by atoms with Gasteiger partial charge in [-0.05, 0) is 38.5 Å². The van der Waals surface area contributed by atoms with E-state index in [1.807, 2.05) is 45.0 Å². The molecule has 0 N–H and O–H groups in total. The van der Waals surface area contributed by atoms with E-state index in [2.05, 4.69) is 15.3 Å². The molecule has 1 atom stereocenters. The summed E-state index contributed by atoms with van der Waals surface area (Å²) in [5.74, 6) is 0.571. The molecule has 0 saturated carbocycles. The Morgan fingerprint density at radius 1 is 1.15 bits per heavy atom. The van der Waals surface area contributed by atoms with Crippen LogP contribution in [-0.4, -0.2) is 34.4 Å². The van der Waals surface area contributed by atoms with E-state index in [-0.39, 0.29) is 17.3 Å². The zero-order chi connectivity index (χ0) is 18.7. The van der Waals surface area contributed by atoms with E-state index in [0.717, 1.165) is 32.1 Å². The Hall–Kier alpha value is -2.12. The van der Waals surface area contributed by atoms with Crippen molar-refractivity contribution in [3.63, 3.8) is 0 Å². The van der Waals surface area contributed by atoms with Gasteiger partial charge < -0.3 is 9.47 Å². The van der Waals surface area contributed by atoms with Gasteiger partial charge in [-0.15, -0.1) is 11.3 Å². The number of aromatic nitrogens is 2. The number of ether oxygens (including phenoxy) is 2. The third-order valence-electron chi connectivity index (χ3n) is 3.71. The lowest BCUT2D eigenvalue weighted by Gasteiger charge is -2.13. The molecule has 5 nitrogen and oxygen atoms in total. The molecule has 0 unspecified atom stereocenters. The van der Waals surface area contributed by atoms with E-state index in [0.29, 0.717) is 0 Å². The van der Waals surface area contributed by atoms with Gasteiger partial charge in [-0.25, -0.2) is 9.97 Å². The molecule has 0 aliphatic heterocycles. The first-order chi connectivity index (χ1) is 12.5. The minimum absolute atomic E-state index is 0.132. The van der Waals surface area contributed by atoms with Crippen molar-refractivity contribution in [2.24, 2.45) is 0 Å². The highest BCUT2D eigenvalue weighted by Crippen LogP contribution is 2.39. The number of rotatable bonds is 6. The van der Waals surface area contributed by atoms with E-state index >= 15 is 0 Å². The second-order valence-electron chi connectivity index (χ2n) is 5.98. The van der Waals surface area contributed by atoms with Crippen LogP contribution in [0, 0.1) is 0 Å². The molecule has 0 amide bonds. The highest BCUT2D eigenvalue weighted by molar-refractivity contribution is 8.00. The number of carbonyl (C=O) groups excluding carboxylic acids is 1. The minimum Gasteiger partial charge on any atom is -0.497 e. The van der Waals surface area contributed by atoms with Crippen LogP contribution in [0.15, 0.2) is 41.0 Å². The number of thioether (sulfide) groups is 1. The number of esters is 1. The Bertz CT molecular complexity index is 907. The summed E-state index contributed by atoms with van der Waals surface area (Å²) in [5, 5.41) is 3.48. The zero-order valence-corrected chi connectivity index (χ0v) is 16.7. The van der Waals surface area contributed by atoms with Gasteiger partial charge >= 0.3 is 5.97 Å². The fourth-order valence-electron chi connectivity index (χ4n) is 2.46. The lowest BCUT2D eigenvalue weighted by Crippen LogP contribution is -2.20. The number of methoxy groups -OCH3 is 1. The van der Waals surface area contributed by atoms with Crippen LogP contribution < -0.4 is 4.74 Å². The first-order valence-electron chi connectivity index (χ1n) is 8.23. The lowest BCUT2D eigenvalue weighted by molar-refractivity contribution is -0.146. The molecule has 1 aromatic carbocycles. The average molecular weight is 389 g/mol. The summed E-state index contributed by atoms with van der Waals surface area (Å²) in [4.78, 5) is 21.9. The molecule has 2 heterocycles. The molecular formula is C19H20N2O3S2. The number of carbonyl (C=O) groups is 1. The van der Waals surface area contributed by atoms with E-state index in [1.165, 1.54) is 11.8 Å². The monoisotopic (exact) mass is 388 g/mol. The molecule has 0 aliphatic rings. The van der Waals surface area contributed by atoms with E-state index in [9.17, 15) is 4.79 Å². The van der Waals surface area contributed by atoms with Gasteiger partial charge in [0.2, 0.25) is 0 Å². The summed E-state index contributed by atoms with van der Waals surface area (Å²) < 4.78 is 10.5. The summed E-state index contributed by atoms with van der Waals surface area (Å²) in [6, 6.07) is 7.88. The van der Waals surface area contributed by atoms with Crippen LogP contribution in [0.2, 0.25) is 0 Å². The third kappa shape index (κ3) is 3.99. The zero-order valence-electron chi connectivity index (χ0n) is 15.1. The molecule has 0 aliphatic carbocycles. The molecule has 26 heavy (non-hydrogen) atoms. The van der Waals surface area contributed by atoms with Crippen molar-refractivity contribution in [1.29, 1.82) is 0 Å². The summed E-state index contributed by atoms with van der Waals surface area (Å²) >= 11 is 2.97. The van der Waals surface area contributed by atoms with Gasteiger partial charge in [-0.1, -0.05) is 23.9 Å². The largest absolute Gasteiger partial charge is 0.497 e. The summed E-state index contributed by atoms with van der Waals surface area (Å²) in [6.45, 7) is 5.53. The fraction of sp³-hybridized carbons (Fsp3) is 0.316. The van der Waals surface area contributed by atoms with Crippen molar-refractivity contribution >= 4 is 39.3 Å². The van der Waals surface area contributed by atoms with Crippen molar-refractivity contribution in [3.8, 4) is 16.9 Å². The van der Waals surface area contributed by atoms with Crippen LogP contribution in [-0.2, 0) is 9.53 Å². The number of fused-ring (bicyclic) bond motifs is 1. The van der Waals surface area contributed by atoms with Gasteiger partial charge in [0.05, 0.1) is 18.6 Å². The maximum Gasteiger partial charge on any atom is 0.319 e. The fourth-order valence-corrected chi connectivity index (χ4v) is 4.36. The van der Waals surface area contributed by atoms with Crippen molar-refractivity contribution in [2.45, 2.75) is 37.2 Å². The molecule has 0 bridgehead atoms. The Balaban J connectivity index is 1.96. The van der Waals surface area contributed by atoms with Crippen LogP contribution in [0.3, 0.4) is 0 Å². The lowest BCUT2D eigenvalue weighted by atomic mass is 10.1. The predicted molar refractivity (Wildman–Crippen MR) is 106 cm³/mol. The quantitative estimate of drug-likeness (QED) is 0.343. The van der Waals surface area contributed by atoms with E-state index in [1.54, 1.807) is 24.8 Å². The van der Waals surface area contributed by atoms with E-state index in [4.69, 9.17) is 9.47 Å². The highest BCUT2D eigenvalue weighted by Gasteiger charge is 2.21. The highest BCUT2D eigenvalue weighted by atomic mass is 32.2. The summed E-state index contributed by atoms with van der Waals surface area (Å²) in [7, 11) is 1.65. The van der Waals surface area contributed by atoms with Gasteiger partial charge in [-0.3, -0.25) is 4.79 Å². The van der Waals surface area contributed by atoms with Gasteiger partial charge in [0.1, 0.15) is 27.2 Å².